The quantitative estimate of drug-likeness (QED) is 0.417. The van der Waals surface area contributed by atoms with E-state index in [-0.39, 0.29) is 30.4 Å². The van der Waals surface area contributed by atoms with Crippen LogP contribution in [0.25, 0.3) is 16.6 Å². The second-order valence-corrected chi connectivity index (χ2v) is 9.29. The molecule has 0 aromatic carbocycles. The maximum atomic E-state index is 12.1. The summed E-state index contributed by atoms with van der Waals surface area (Å²) in [4.78, 5) is 27.8. The Morgan fingerprint density at radius 2 is 2.08 bits per heavy atom. The monoisotopic (exact) mass is 488 g/mol. The van der Waals surface area contributed by atoms with E-state index >= 15 is 0 Å². The van der Waals surface area contributed by atoms with Crippen LogP contribution < -0.4 is 15.4 Å². The summed E-state index contributed by atoms with van der Waals surface area (Å²) in [7, 11) is 0. The Bertz CT molecular complexity index is 1320. The molecule has 1 amide bonds. The maximum absolute atomic E-state index is 12.1. The van der Waals surface area contributed by atoms with Gasteiger partial charge in [-0.25, -0.2) is 9.50 Å². The van der Waals surface area contributed by atoms with E-state index in [0.717, 1.165) is 42.3 Å². The van der Waals surface area contributed by atoms with Crippen LogP contribution in [0.3, 0.4) is 0 Å². The van der Waals surface area contributed by atoms with Gasteiger partial charge in [0.1, 0.15) is 17.5 Å². The lowest BCUT2D eigenvalue weighted by molar-refractivity contribution is -0.142. The molecule has 3 heterocycles. The number of nitriles is 1. The first kappa shape index (κ1) is 23.8. The molecule has 186 valence electrons. The van der Waals surface area contributed by atoms with Crippen molar-refractivity contribution in [2.75, 3.05) is 25.1 Å². The van der Waals surface area contributed by atoms with Crippen molar-refractivity contribution in [3.8, 4) is 22.9 Å². The molecule has 0 atom stereocenters. The van der Waals surface area contributed by atoms with Gasteiger partial charge in [0, 0.05) is 29.8 Å². The number of hydrogen-bond donors (Lipinski definition) is 2. The standard InChI is InChI=1S/C26H28N6O4/c1-2-35-25(33)14-29-19-7-16(8-19)15-36-23-13-28-20(12-27)10-22(23)18-5-6-32-21(9-18)11-24(31-32)30-26(34)17-3-4-17/h5-6,9-11,13,16-17,19,29H,2-4,7-8,14-15H2,1H3,(H,30,31,34). The summed E-state index contributed by atoms with van der Waals surface area (Å²) < 4.78 is 12.8. The highest BCUT2D eigenvalue weighted by molar-refractivity contribution is 5.93. The second-order valence-electron chi connectivity index (χ2n) is 9.29. The molecule has 3 aromatic rings. The minimum Gasteiger partial charge on any atom is -0.491 e. The Hall–Kier alpha value is -3.97. The summed E-state index contributed by atoms with van der Waals surface area (Å²) in [6.45, 7) is 2.92. The fourth-order valence-corrected chi connectivity index (χ4v) is 4.33. The summed E-state index contributed by atoms with van der Waals surface area (Å²) >= 11 is 0. The molecule has 2 aliphatic carbocycles. The molecule has 5 rings (SSSR count). The van der Waals surface area contributed by atoms with Gasteiger partial charge < -0.3 is 20.1 Å². The number of fused-ring (bicyclic) bond motifs is 1. The number of pyridine rings is 2. The van der Waals surface area contributed by atoms with E-state index in [9.17, 15) is 14.9 Å². The van der Waals surface area contributed by atoms with Crippen molar-refractivity contribution < 1.29 is 19.1 Å². The summed E-state index contributed by atoms with van der Waals surface area (Å²) in [6.07, 6.45) is 7.09. The molecule has 36 heavy (non-hydrogen) atoms. The number of esters is 1. The van der Waals surface area contributed by atoms with Crippen LogP contribution in [-0.2, 0) is 14.3 Å². The molecule has 2 aliphatic rings. The Balaban J connectivity index is 1.25. The zero-order chi connectivity index (χ0) is 25.1. The van der Waals surface area contributed by atoms with Crippen LogP contribution in [0.4, 0.5) is 5.82 Å². The van der Waals surface area contributed by atoms with Crippen molar-refractivity contribution in [1.82, 2.24) is 19.9 Å². The molecule has 0 unspecified atom stereocenters. The number of hydrogen-bond acceptors (Lipinski definition) is 8. The van der Waals surface area contributed by atoms with Gasteiger partial charge in [-0.1, -0.05) is 0 Å². The number of ether oxygens (including phenoxy) is 2. The van der Waals surface area contributed by atoms with Crippen molar-refractivity contribution in [3.63, 3.8) is 0 Å². The van der Waals surface area contributed by atoms with Crippen molar-refractivity contribution in [3.05, 3.63) is 42.4 Å². The predicted octanol–water partition coefficient (Wildman–Crippen LogP) is 2.93. The number of carbonyl (C=O) groups is 2. The normalized spacial score (nSPS) is 18.8. The minimum absolute atomic E-state index is 0.0106. The number of anilines is 1. The summed E-state index contributed by atoms with van der Waals surface area (Å²) in [5.74, 6) is 1.36. The molecule has 3 aromatic heterocycles. The average molecular weight is 489 g/mol. The highest BCUT2D eigenvalue weighted by Gasteiger charge is 2.31. The van der Waals surface area contributed by atoms with Crippen LogP contribution >= 0.6 is 0 Å². The first-order valence-corrected chi connectivity index (χ1v) is 12.2. The first-order valence-electron chi connectivity index (χ1n) is 12.2. The lowest BCUT2D eigenvalue weighted by Crippen LogP contribution is -2.45. The summed E-state index contributed by atoms with van der Waals surface area (Å²) in [5.41, 5.74) is 2.74. The molecule has 0 spiro atoms. The second kappa shape index (κ2) is 10.3. The summed E-state index contributed by atoms with van der Waals surface area (Å²) in [6, 6.07) is 9.76. The van der Waals surface area contributed by atoms with Gasteiger partial charge >= 0.3 is 5.97 Å². The van der Waals surface area contributed by atoms with Crippen molar-refractivity contribution in [2.45, 2.75) is 38.6 Å². The topological polar surface area (TPSA) is 131 Å². The fraction of sp³-hybridized carbons (Fsp3) is 0.423. The van der Waals surface area contributed by atoms with Gasteiger partial charge in [0.05, 0.1) is 31.5 Å². The zero-order valence-corrected chi connectivity index (χ0v) is 20.1. The number of amides is 1. The van der Waals surface area contributed by atoms with E-state index in [1.165, 1.54) is 0 Å². The minimum atomic E-state index is -0.238. The average Bonchev–Trinajstić information content (AvgIpc) is 3.63. The molecular formula is C26H28N6O4. The van der Waals surface area contributed by atoms with E-state index in [4.69, 9.17) is 9.47 Å². The van der Waals surface area contributed by atoms with Crippen molar-refractivity contribution in [2.24, 2.45) is 11.8 Å². The van der Waals surface area contributed by atoms with E-state index < -0.39 is 0 Å². The number of nitrogens with zero attached hydrogens (tertiary/aromatic N) is 4. The van der Waals surface area contributed by atoms with E-state index in [1.54, 1.807) is 23.7 Å². The number of aromatic nitrogens is 3. The molecule has 0 radical (unpaired) electrons. The van der Waals surface area contributed by atoms with Gasteiger partial charge in [-0.05, 0) is 62.3 Å². The van der Waals surface area contributed by atoms with E-state index in [2.05, 4.69) is 26.8 Å². The van der Waals surface area contributed by atoms with Gasteiger partial charge in [0.15, 0.2) is 5.82 Å². The Morgan fingerprint density at radius 1 is 1.25 bits per heavy atom. The van der Waals surface area contributed by atoms with Crippen molar-refractivity contribution in [1.29, 1.82) is 5.26 Å². The van der Waals surface area contributed by atoms with E-state index in [0.29, 0.717) is 36.4 Å². The molecule has 0 aliphatic heterocycles. The van der Waals surface area contributed by atoms with Crippen LogP contribution in [0.15, 0.2) is 36.7 Å². The number of nitrogens with one attached hydrogen (secondary N) is 2. The number of carbonyl (C=O) groups excluding carboxylic acids is 2. The Morgan fingerprint density at radius 3 is 2.83 bits per heavy atom. The van der Waals surface area contributed by atoms with E-state index in [1.807, 2.05) is 24.4 Å². The molecule has 2 saturated carbocycles. The Kier molecular flexibility index (Phi) is 6.82. The lowest BCUT2D eigenvalue weighted by Gasteiger charge is -2.35. The van der Waals surface area contributed by atoms with Crippen LogP contribution in [0.2, 0.25) is 0 Å². The third-order valence-electron chi connectivity index (χ3n) is 6.51. The fourth-order valence-electron chi connectivity index (χ4n) is 4.33. The van der Waals surface area contributed by atoms with Crippen LogP contribution in [0, 0.1) is 23.2 Å². The molecule has 0 saturated heterocycles. The first-order chi connectivity index (χ1) is 17.5. The van der Waals surface area contributed by atoms with Gasteiger partial charge in [0.25, 0.3) is 0 Å². The highest BCUT2D eigenvalue weighted by atomic mass is 16.5. The lowest BCUT2D eigenvalue weighted by atomic mass is 9.81. The molecular weight excluding hydrogens is 460 g/mol. The molecule has 2 N–H and O–H groups in total. The third-order valence-corrected chi connectivity index (χ3v) is 6.51. The molecule has 2 fully saturated rings. The van der Waals surface area contributed by atoms with Gasteiger partial charge in [0.2, 0.25) is 5.91 Å². The maximum Gasteiger partial charge on any atom is 0.319 e. The zero-order valence-electron chi connectivity index (χ0n) is 20.1. The van der Waals surface area contributed by atoms with Gasteiger partial charge in [-0.3, -0.25) is 9.59 Å². The summed E-state index contributed by atoms with van der Waals surface area (Å²) in [5, 5.41) is 19.9. The SMILES string of the molecule is CCOC(=O)CNC1CC(COc2cnc(C#N)cc2-c2ccn3nc(NC(=O)C4CC4)cc3c2)C1. The van der Waals surface area contributed by atoms with Gasteiger partial charge in [-0.15, -0.1) is 0 Å². The van der Waals surface area contributed by atoms with Crippen molar-refractivity contribution >= 4 is 23.2 Å². The van der Waals surface area contributed by atoms with Gasteiger partial charge in [-0.2, -0.15) is 10.4 Å². The smallest absolute Gasteiger partial charge is 0.319 e. The van der Waals surface area contributed by atoms with Crippen LogP contribution in [0.1, 0.15) is 38.3 Å². The highest BCUT2D eigenvalue weighted by Crippen LogP contribution is 2.34. The predicted molar refractivity (Wildman–Crippen MR) is 131 cm³/mol. The van der Waals surface area contributed by atoms with Crippen LogP contribution in [0.5, 0.6) is 5.75 Å². The third kappa shape index (κ3) is 5.47. The molecule has 10 nitrogen and oxygen atoms in total. The van der Waals surface area contributed by atoms with Crippen LogP contribution in [-0.4, -0.2) is 52.3 Å². The molecule has 0 bridgehead atoms. The largest absolute Gasteiger partial charge is 0.491 e. The molecule has 10 heteroatoms. The number of rotatable bonds is 10. The Labute approximate surface area is 208 Å².